The van der Waals surface area contributed by atoms with Crippen molar-refractivity contribution in [3.05, 3.63) is 34.6 Å². The molecule has 0 aromatic heterocycles. The molecule has 1 unspecified atom stereocenters. The first-order chi connectivity index (χ1) is 9.15. The van der Waals surface area contributed by atoms with Gasteiger partial charge >= 0.3 is 0 Å². The fraction of sp³-hybridized carbons (Fsp3) is 0.600. The van der Waals surface area contributed by atoms with Gasteiger partial charge in [-0.1, -0.05) is 24.6 Å². The third kappa shape index (κ3) is 3.91. The zero-order chi connectivity index (χ0) is 13.8. The largest absolute Gasteiger partial charge is 0.329 e. The van der Waals surface area contributed by atoms with Gasteiger partial charge in [0, 0.05) is 29.7 Å². The lowest BCUT2D eigenvalue weighted by molar-refractivity contribution is 0.189. The van der Waals surface area contributed by atoms with Gasteiger partial charge < -0.3 is 5.73 Å². The molecule has 0 heterocycles. The van der Waals surface area contributed by atoms with E-state index in [1.54, 1.807) is 12.1 Å². The van der Waals surface area contributed by atoms with Crippen LogP contribution in [-0.2, 0) is 0 Å². The lowest BCUT2D eigenvalue weighted by Gasteiger charge is -2.31. The summed E-state index contributed by atoms with van der Waals surface area (Å²) in [5.41, 5.74) is 6.57. The molecule has 2 nitrogen and oxygen atoms in total. The van der Waals surface area contributed by atoms with E-state index in [4.69, 9.17) is 17.3 Å². The summed E-state index contributed by atoms with van der Waals surface area (Å²) >= 11 is 5.82. The Morgan fingerprint density at radius 2 is 2.21 bits per heavy atom. The molecular formula is C15H22ClFN2. The normalized spacial score (nSPS) is 16.9. The van der Waals surface area contributed by atoms with E-state index >= 15 is 0 Å². The molecule has 1 aromatic carbocycles. The number of benzene rings is 1. The van der Waals surface area contributed by atoms with Gasteiger partial charge in [0.15, 0.2) is 0 Å². The van der Waals surface area contributed by atoms with Gasteiger partial charge in [-0.15, -0.1) is 0 Å². The van der Waals surface area contributed by atoms with Gasteiger partial charge in [0.25, 0.3) is 0 Å². The topological polar surface area (TPSA) is 29.3 Å². The number of hydrogen-bond donors (Lipinski definition) is 1. The molecule has 4 heteroatoms. The van der Waals surface area contributed by atoms with E-state index in [0.717, 1.165) is 25.4 Å². The average Bonchev–Trinajstić information content (AvgIpc) is 3.17. The molecule has 0 bridgehead atoms. The Morgan fingerprint density at radius 1 is 1.47 bits per heavy atom. The SMILES string of the molecule is CCCN(CC1CC1)C(CN)c1ccc(Cl)cc1F. The van der Waals surface area contributed by atoms with Crippen molar-refractivity contribution in [2.45, 2.75) is 32.2 Å². The van der Waals surface area contributed by atoms with E-state index in [1.165, 1.54) is 18.9 Å². The van der Waals surface area contributed by atoms with Crippen LogP contribution in [0.15, 0.2) is 18.2 Å². The number of nitrogens with zero attached hydrogens (tertiary/aromatic N) is 1. The zero-order valence-corrected chi connectivity index (χ0v) is 12.2. The summed E-state index contributed by atoms with van der Waals surface area (Å²) in [6.45, 7) is 4.56. The minimum atomic E-state index is -0.250. The Bertz CT molecular complexity index is 421. The van der Waals surface area contributed by atoms with Gasteiger partial charge in [-0.25, -0.2) is 4.39 Å². The van der Waals surface area contributed by atoms with E-state index in [2.05, 4.69) is 11.8 Å². The molecule has 1 saturated carbocycles. The number of hydrogen-bond acceptors (Lipinski definition) is 2. The fourth-order valence-electron chi connectivity index (χ4n) is 2.54. The van der Waals surface area contributed by atoms with Gasteiger partial charge in [-0.2, -0.15) is 0 Å². The summed E-state index contributed by atoms with van der Waals surface area (Å²) in [5, 5.41) is 0.432. The van der Waals surface area contributed by atoms with E-state index < -0.39 is 0 Å². The second-order valence-corrected chi connectivity index (χ2v) is 5.79. The maximum atomic E-state index is 14.1. The second kappa shape index (κ2) is 6.69. The molecule has 2 rings (SSSR count). The average molecular weight is 285 g/mol. The van der Waals surface area contributed by atoms with Crippen LogP contribution in [0.1, 0.15) is 37.8 Å². The van der Waals surface area contributed by atoms with Crippen molar-refractivity contribution in [1.82, 2.24) is 4.90 Å². The molecule has 0 aliphatic heterocycles. The molecular weight excluding hydrogens is 263 g/mol. The second-order valence-electron chi connectivity index (χ2n) is 5.36. The van der Waals surface area contributed by atoms with Crippen molar-refractivity contribution in [2.24, 2.45) is 11.7 Å². The summed E-state index contributed by atoms with van der Waals surface area (Å²) in [6.07, 6.45) is 3.64. The summed E-state index contributed by atoms with van der Waals surface area (Å²) in [5.74, 6) is 0.524. The number of halogens is 2. The van der Waals surface area contributed by atoms with Gasteiger partial charge in [-0.3, -0.25) is 4.90 Å². The van der Waals surface area contributed by atoms with Crippen molar-refractivity contribution >= 4 is 11.6 Å². The van der Waals surface area contributed by atoms with Crippen LogP contribution in [-0.4, -0.2) is 24.5 Å². The molecule has 0 saturated heterocycles. The summed E-state index contributed by atoms with van der Waals surface area (Å²) in [7, 11) is 0. The summed E-state index contributed by atoms with van der Waals surface area (Å²) < 4.78 is 14.1. The lowest BCUT2D eigenvalue weighted by Crippen LogP contribution is -2.36. The molecule has 0 amide bonds. The molecule has 1 aromatic rings. The van der Waals surface area contributed by atoms with Gasteiger partial charge in [0.1, 0.15) is 5.82 Å². The number of nitrogens with two attached hydrogens (primary N) is 1. The van der Waals surface area contributed by atoms with E-state index in [1.807, 2.05) is 0 Å². The first-order valence-electron chi connectivity index (χ1n) is 7.04. The highest BCUT2D eigenvalue weighted by Gasteiger charge is 2.29. The Balaban J connectivity index is 2.19. The molecule has 0 spiro atoms. The standard InChI is InChI=1S/C15H22ClFN2/c1-2-7-19(10-11-3-4-11)15(9-18)13-6-5-12(16)8-14(13)17/h5-6,8,11,15H,2-4,7,9-10,18H2,1H3. The van der Waals surface area contributed by atoms with Gasteiger partial charge in [-0.05, 0) is 43.9 Å². The molecule has 1 fully saturated rings. The Labute approximate surface area is 119 Å². The van der Waals surface area contributed by atoms with Gasteiger partial charge in [0.2, 0.25) is 0 Å². The Kier molecular flexibility index (Phi) is 5.20. The van der Waals surface area contributed by atoms with Crippen molar-refractivity contribution < 1.29 is 4.39 Å². The molecule has 1 aliphatic rings. The highest BCUT2D eigenvalue weighted by Crippen LogP contribution is 2.33. The maximum Gasteiger partial charge on any atom is 0.129 e. The first kappa shape index (κ1) is 14.8. The van der Waals surface area contributed by atoms with Crippen LogP contribution in [0.5, 0.6) is 0 Å². The van der Waals surface area contributed by atoms with Crippen molar-refractivity contribution in [1.29, 1.82) is 0 Å². The predicted octanol–water partition coefficient (Wildman–Crippen LogP) is 3.60. The smallest absolute Gasteiger partial charge is 0.129 e. The van der Waals surface area contributed by atoms with Gasteiger partial charge in [0.05, 0.1) is 0 Å². The van der Waals surface area contributed by atoms with Crippen LogP contribution >= 0.6 is 11.6 Å². The lowest BCUT2D eigenvalue weighted by atomic mass is 10.0. The minimum Gasteiger partial charge on any atom is -0.329 e. The minimum absolute atomic E-state index is 0.0437. The first-order valence-corrected chi connectivity index (χ1v) is 7.42. The molecule has 106 valence electrons. The quantitative estimate of drug-likeness (QED) is 0.829. The number of rotatable bonds is 7. The van der Waals surface area contributed by atoms with Crippen molar-refractivity contribution in [2.75, 3.05) is 19.6 Å². The van der Waals surface area contributed by atoms with E-state index in [-0.39, 0.29) is 11.9 Å². The highest BCUT2D eigenvalue weighted by atomic mass is 35.5. The monoisotopic (exact) mass is 284 g/mol. The van der Waals surface area contributed by atoms with Crippen molar-refractivity contribution in [3.63, 3.8) is 0 Å². The zero-order valence-electron chi connectivity index (χ0n) is 11.4. The van der Waals surface area contributed by atoms with E-state index in [9.17, 15) is 4.39 Å². The third-order valence-electron chi connectivity index (χ3n) is 3.69. The third-order valence-corrected chi connectivity index (χ3v) is 3.92. The molecule has 19 heavy (non-hydrogen) atoms. The van der Waals surface area contributed by atoms with E-state index in [0.29, 0.717) is 17.1 Å². The van der Waals surface area contributed by atoms with Crippen LogP contribution in [0.2, 0.25) is 5.02 Å². The molecule has 2 N–H and O–H groups in total. The Morgan fingerprint density at radius 3 is 2.74 bits per heavy atom. The van der Waals surface area contributed by atoms with Crippen LogP contribution in [0.3, 0.4) is 0 Å². The fourth-order valence-corrected chi connectivity index (χ4v) is 2.70. The predicted molar refractivity (Wildman–Crippen MR) is 77.8 cm³/mol. The summed E-state index contributed by atoms with van der Waals surface area (Å²) in [4.78, 5) is 2.32. The van der Waals surface area contributed by atoms with Crippen LogP contribution < -0.4 is 5.73 Å². The van der Waals surface area contributed by atoms with Crippen molar-refractivity contribution in [3.8, 4) is 0 Å². The Hall–Kier alpha value is -0.640. The van der Waals surface area contributed by atoms with Crippen LogP contribution in [0.25, 0.3) is 0 Å². The van der Waals surface area contributed by atoms with Crippen LogP contribution in [0.4, 0.5) is 4.39 Å². The highest BCUT2D eigenvalue weighted by molar-refractivity contribution is 6.30. The maximum absolute atomic E-state index is 14.1. The van der Waals surface area contributed by atoms with Crippen LogP contribution in [0, 0.1) is 11.7 Å². The molecule has 0 radical (unpaired) electrons. The molecule has 1 atom stereocenters. The molecule has 1 aliphatic carbocycles. The summed E-state index contributed by atoms with van der Waals surface area (Å²) in [6, 6.07) is 4.84.